The third-order valence-corrected chi connectivity index (χ3v) is 4.42. The van der Waals surface area contributed by atoms with E-state index in [-0.39, 0.29) is 11.2 Å². The lowest BCUT2D eigenvalue weighted by atomic mass is 10.2. The molecule has 24 heavy (non-hydrogen) atoms. The zero-order valence-electron chi connectivity index (χ0n) is 13.0. The van der Waals surface area contributed by atoms with Crippen molar-refractivity contribution in [1.29, 1.82) is 0 Å². The third-order valence-electron chi connectivity index (χ3n) is 3.37. The van der Waals surface area contributed by atoms with Crippen LogP contribution in [0.5, 0.6) is 0 Å². The first kappa shape index (κ1) is 16.1. The second-order valence-corrected chi connectivity index (χ2v) is 6.42. The summed E-state index contributed by atoms with van der Waals surface area (Å²) in [4.78, 5) is 12.2. The first-order valence-corrected chi connectivity index (χ1v) is 8.26. The molecule has 1 atom stereocenters. The standard InChI is InChI=1S/C16H17N5O2S/c1-11(15(22)18-10-12-6-3-2-4-7-12)24-16-20-19-14(21(16)17)13-8-5-9-23-13/h2-9,11H,10,17H2,1H3,(H,18,22)/t11-/m1/s1. The zero-order chi connectivity index (χ0) is 16.9. The molecule has 0 bridgehead atoms. The van der Waals surface area contributed by atoms with Crippen LogP contribution < -0.4 is 11.2 Å². The summed E-state index contributed by atoms with van der Waals surface area (Å²) in [7, 11) is 0. The maximum Gasteiger partial charge on any atom is 0.233 e. The fraction of sp³-hybridized carbons (Fsp3) is 0.188. The quantitative estimate of drug-likeness (QED) is 0.525. The summed E-state index contributed by atoms with van der Waals surface area (Å²) >= 11 is 1.24. The summed E-state index contributed by atoms with van der Waals surface area (Å²) in [5.41, 5.74) is 1.05. The Balaban J connectivity index is 1.60. The third kappa shape index (κ3) is 3.60. The predicted octanol–water partition coefficient (Wildman–Crippen LogP) is 2.05. The molecule has 0 aliphatic rings. The van der Waals surface area contributed by atoms with E-state index in [0.29, 0.717) is 23.3 Å². The van der Waals surface area contributed by atoms with Crippen molar-refractivity contribution in [2.24, 2.45) is 0 Å². The number of benzene rings is 1. The Labute approximate surface area is 143 Å². The van der Waals surface area contributed by atoms with Gasteiger partial charge >= 0.3 is 0 Å². The summed E-state index contributed by atoms with van der Waals surface area (Å²) in [5.74, 6) is 6.84. The molecule has 3 aromatic rings. The van der Waals surface area contributed by atoms with E-state index in [1.807, 2.05) is 30.3 Å². The highest BCUT2D eigenvalue weighted by Crippen LogP contribution is 2.24. The van der Waals surface area contributed by atoms with Gasteiger partial charge in [0, 0.05) is 6.54 Å². The Bertz CT molecular complexity index is 801. The molecule has 7 nitrogen and oxygen atoms in total. The molecular formula is C16H17N5O2S. The first-order chi connectivity index (χ1) is 11.6. The van der Waals surface area contributed by atoms with Crippen LogP contribution in [0.25, 0.3) is 11.6 Å². The van der Waals surface area contributed by atoms with E-state index >= 15 is 0 Å². The van der Waals surface area contributed by atoms with E-state index in [4.69, 9.17) is 10.3 Å². The molecule has 0 aliphatic heterocycles. The number of hydrogen-bond acceptors (Lipinski definition) is 6. The average Bonchev–Trinajstić information content (AvgIpc) is 3.24. The summed E-state index contributed by atoms with van der Waals surface area (Å²) in [5, 5.41) is 11.0. The SMILES string of the molecule is C[C@@H](Sc1nnc(-c2ccco2)n1N)C(=O)NCc1ccccc1. The van der Waals surface area contributed by atoms with Gasteiger partial charge in [-0.25, -0.2) is 4.68 Å². The van der Waals surface area contributed by atoms with Crippen LogP contribution in [0, 0.1) is 0 Å². The average molecular weight is 343 g/mol. The van der Waals surface area contributed by atoms with Crippen LogP contribution in [0.2, 0.25) is 0 Å². The van der Waals surface area contributed by atoms with Gasteiger partial charge < -0.3 is 15.6 Å². The van der Waals surface area contributed by atoms with Crippen LogP contribution in [0.15, 0.2) is 58.3 Å². The van der Waals surface area contributed by atoms with Crippen molar-refractivity contribution in [3.8, 4) is 11.6 Å². The Hall–Kier alpha value is -2.74. The van der Waals surface area contributed by atoms with Crippen molar-refractivity contribution in [3.63, 3.8) is 0 Å². The normalized spacial score (nSPS) is 12.0. The number of hydrogen-bond donors (Lipinski definition) is 2. The van der Waals surface area contributed by atoms with Gasteiger partial charge in [-0.3, -0.25) is 4.79 Å². The monoisotopic (exact) mass is 343 g/mol. The summed E-state index contributed by atoms with van der Waals surface area (Å²) in [6.45, 7) is 2.28. The molecule has 0 spiro atoms. The molecule has 0 fully saturated rings. The lowest BCUT2D eigenvalue weighted by Crippen LogP contribution is -2.30. The van der Waals surface area contributed by atoms with E-state index in [1.54, 1.807) is 19.1 Å². The van der Waals surface area contributed by atoms with Gasteiger partial charge in [0.05, 0.1) is 11.5 Å². The molecule has 0 saturated heterocycles. The van der Waals surface area contributed by atoms with Gasteiger partial charge in [0.25, 0.3) is 0 Å². The molecule has 0 radical (unpaired) electrons. The maximum atomic E-state index is 12.2. The molecule has 3 rings (SSSR count). The van der Waals surface area contributed by atoms with Gasteiger partial charge in [-0.15, -0.1) is 10.2 Å². The molecule has 0 aliphatic carbocycles. The molecule has 0 unspecified atom stereocenters. The van der Waals surface area contributed by atoms with Crippen LogP contribution in [0.4, 0.5) is 0 Å². The van der Waals surface area contributed by atoms with Gasteiger partial charge in [0.15, 0.2) is 5.76 Å². The summed E-state index contributed by atoms with van der Waals surface area (Å²) in [6, 6.07) is 13.2. The van der Waals surface area contributed by atoms with Gasteiger partial charge in [-0.05, 0) is 24.6 Å². The van der Waals surface area contributed by atoms with Crippen LogP contribution >= 0.6 is 11.8 Å². The molecule has 1 amide bonds. The Morgan fingerprint density at radius 1 is 1.29 bits per heavy atom. The largest absolute Gasteiger partial charge is 0.461 e. The second kappa shape index (κ2) is 7.22. The molecule has 3 N–H and O–H groups in total. The van der Waals surface area contributed by atoms with Gasteiger partial charge in [0.1, 0.15) is 0 Å². The maximum absolute atomic E-state index is 12.2. The number of carbonyl (C=O) groups excluding carboxylic acids is 1. The number of carbonyl (C=O) groups is 1. The minimum atomic E-state index is -0.357. The minimum absolute atomic E-state index is 0.0913. The topological polar surface area (TPSA) is 99.0 Å². The minimum Gasteiger partial charge on any atom is -0.461 e. The molecule has 2 heterocycles. The lowest BCUT2D eigenvalue weighted by molar-refractivity contribution is -0.120. The van der Waals surface area contributed by atoms with E-state index < -0.39 is 0 Å². The number of nitrogen functional groups attached to an aromatic ring is 1. The number of nitrogens with two attached hydrogens (primary N) is 1. The number of nitrogens with one attached hydrogen (secondary N) is 1. The Morgan fingerprint density at radius 3 is 2.79 bits per heavy atom. The van der Waals surface area contributed by atoms with Crippen LogP contribution in [-0.4, -0.2) is 26.0 Å². The van der Waals surface area contributed by atoms with Gasteiger partial charge in [-0.2, -0.15) is 0 Å². The highest BCUT2D eigenvalue weighted by atomic mass is 32.2. The van der Waals surface area contributed by atoms with Gasteiger partial charge in [-0.1, -0.05) is 42.1 Å². The van der Waals surface area contributed by atoms with Crippen LogP contribution in [0.1, 0.15) is 12.5 Å². The highest BCUT2D eigenvalue weighted by Gasteiger charge is 2.20. The van der Waals surface area contributed by atoms with Gasteiger partial charge in [0.2, 0.25) is 16.9 Å². The van der Waals surface area contributed by atoms with Crippen LogP contribution in [-0.2, 0) is 11.3 Å². The van der Waals surface area contributed by atoms with Crippen molar-refractivity contribution in [2.45, 2.75) is 23.9 Å². The molecule has 2 aromatic heterocycles. The fourth-order valence-corrected chi connectivity index (χ4v) is 2.87. The first-order valence-electron chi connectivity index (χ1n) is 7.38. The van der Waals surface area contributed by atoms with E-state index in [9.17, 15) is 4.79 Å². The number of aromatic nitrogens is 3. The zero-order valence-corrected chi connectivity index (χ0v) is 13.9. The Morgan fingerprint density at radius 2 is 2.08 bits per heavy atom. The fourth-order valence-electron chi connectivity index (χ4n) is 2.07. The number of rotatable bonds is 6. The molecule has 1 aromatic carbocycles. The molecule has 0 saturated carbocycles. The number of amides is 1. The second-order valence-electron chi connectivity index (χ2n) is 5.12. The van der Waals surface area contributed by atoms with E-state index in [1.165, 1.54) is 22.7 Å². The Kier molecular flexibility index (Phi) is 4.85. The smallest absolute Gasteiger partial charge is 0.233 e. The lowest BCUT2D eigenvalue weighted by Gasteiger charge is -2.11. The van der Waals surface area contributed by atoms with Crippen molar-refractivity contribution >= 4 is 17.7 Å². The number of thioether (sulfide) groups is 1. The van der Waals surface area contributed by atoms with Crippen molar-refractivity contribution in [3.05, 3.63) is 54.3 Å². The number of furan rings is 1. The molecular weight excluding hydrogens is 326 g/mol. The number of nitrogens with zero attached hydrogens (tertiary/aromatic N) is 3. The van der Waals surface area contributed by atoms with E-state index in [2.05, 4.69) is 15.5 Å². The summed E-state index contributed by atoms with van der Waals surface area (Å²) in [6.07, 6.45) is 1.54. The predicted molar refractivity (Wildman–Crippen MR) is 91.5 cm³/mol. The van der Waals surface area contributed by atoms with Crippen molar-refractivity contribution < 1.29 is 9.21 Å². The van der Waals surface area contributed by atoms with Crippen molar-refractivity contribution in [2.75, 3.05) is 5.84 Å². The molecule has 8 heteroatoms. The summed E-state index contributed by atoms with van der Waals surface area (Å²) < 4.78 is 6.59. The van der Waals surface area contributed by atoms with E-state index in [0.717, 1.165) is 5.56 Å². The van der Waals surface area contributed by atoms with Crippen molar-refractivity contribution in [1.82, 2.24) is 20.2 Å². The van der Waals surface area contributed by atoms with Crippen LogP contribution in [0.3, 0.4) is 0 Å². The molecule has 124 valence electrons. The highest BCUT2D eigenvalue weighted by molar-refractivity contribution is 8.00.